The first-order valence-corrected chi connectivity index (χ1v) is 10.6. The number of aliphatic hydroxyl groups excluding tert-OH is 2. The van der Waals surface area contributed by atoms with E-state index in [0.717, 1.165) is 12.8 Å². The van der Waals surface area contributed by atoms with Gasteiger partial charge >= 0.3 is 17.6 Å². The Morgan fingerprint density at radius 3 is 2.58 bits per heavy atom. The number of ether oxygens (including phenoxy) is 2. The molecule has 2 rings (SSSR count). The number of halogens is 1. The molecule has 0 aliphatic carbocycles. The molecule has 1 aliphatic rings. The van der Waals surface area contributed by atoms with Crippen molar-refractivity contribution < 1.29 is 44.3 Å². The lowest BCUT2D eigenvalue weighted by molar-refractivity contribution is -0.428. The van der Waals surface area contributed by atoms with E-state index in [4.69, 9.17) is 9.47 Å². The van der Waals surface area contributed by atoms with Crippen LogP contribution in [0.5, 0.6) is 0 Å². The summed E-state index contributed by atoms with van der Waals surface area (Å²) in [5, 5.41) is 52.3. The quantitative estimate of drug-likeness (QED) is 0.0727. The number of hydrogen-bond acceptors (Lipinski definition) is 11. The Balaban J connectivity index is 2.57. The van der Waals surface area contributed by atoms with Gasteiger partial charge in [-0.15, -0.1) is 5.06 Å². The van der Waals surface area contributed by atoms with Gasteiger partial charge < -0.3 is 35.1 Å². The van der Waals surface area contributed by atoms with Gasteiger partial charge in [-0.1, -0.05) is 26.2 Å². The second-order valence-electron chi connectivity index (χ2n) is 7.64. The monoisotopic (exact) mass is 479 g/mol. The Kier molecular flexibility index (Phi) is 8.87. The third-order valence-electron chi connectivity index (χ3n) is 5.41. The first kappa shape index (κ1) is 27.0. The number of hydrogen-bond donors (Lipinski definition) is 6. The van der Waals surface area contributed by atoms with Crippen LogP contribution in [-0.2, 0) is 15.4 Å². The molecule has 0 bridgehead atoms. The van der Waals surface area contributed by atoms with Crippen LogP contribution in [0, 0.1) is 0 Å². The second kappa shape index (κ2) is 10.8. The zero-order valence-electron chi connectivity index (χ0n) is 18.3. The number of carbonyl (C=O) groups excluding carboxylic acids is 1. The van der Waals surface area contributed by atoms with Crippen molar-refractivity contribution in [3.8, 4) is 0 Å². The molecule has 1 saturated heterocycles. The van der Waals surface area contributed by atoms with Gasteiger partial charge in [-0.25, -0.2) is 18.5 Å². The van der Waals surface area contributed by atoms with Crippen LogP contribution in [0.3, 0.4) is 0 Å². The fraction of sp³-hybridized carbons (Fsp3) is 0.737. The van der Waals surface area contributed by atoms with E-state index in [2.05, 4.69) is 0 Å². The van der Waals surface area contributed by atoms with E-state index in [1.807, 2.05) is 6.92 Å². The van der Waals surface area contributed by atoms with Gasteiger partial charge in [0.15, 0.2) is 6.30 Å². The van der Waals surface area contributed by atoms with E-state index in [-0.39, 0.29) is 24.0 Å². The molecule has 0 amide bonds. The number of esters is 1. The Morgan fingerprint density at radius 1 is 1.33 bits per heavy atom. The van der Waals surface area contributed by atoms with E-state index < -0.39 is 64.6 Å². The summed E-state index contributed by atoms with van der Waals surface area (Å²) in [4.78, 5) is 38.2. The molecule has 0 spiro atoms. The SMILES string of the molecule is CCCCCCC(F)N(O)[C@@]1(O)[C@H](O)[C@@H](CO)O[C@@]1(O)n1cc(C(=O)OCC)c(=O)[nH]c1=O. The van der Waals surface area contributed by atoms with Gasteiger partial charge in [0, 0.05) is 6.20 Å². The summed E-state index contributed by atoms with van der Waals surface area (Å²) in [7, 11) is 0. The lowest BCUT2D eigenvalue weighted by Crippen LogP contribution is -2.70. The fourth-order valence-electron chi connectivity index (χ4n) is 3.60. The van der Waals surface area contributed by atoms with Crippen molar-refractivity contribution in [2.75, 3.05) is 13.2 Å². The fourth-order valence-corrected chi connectivity index (χ4v) is 3.60. The Bertz CT molecular complexity index is 939. The molecule has 1 aromatic rings. The minimum atomic E-state index is -3.45. The Morgan fingerprint density at radius 2 is 2.00 bits per heavy atom. The molecule has 1 unspecified atom stereocenters. The topological polar surface area (TPSA) is 195 Å². The predicted molar refractivity (Wildman–Crippen MR) is 108 cm³/mol. The summed E-state index contributed by atoms with van der Waals surface area (Å²) in [5.41, 5.74) is -6.87. The van der Waals surface area contributed by atoms with E-state index in [1.54, 1.807) is 4.98 Å². The van der Waals surface area contributed by atoms with Crippen molar-refractivity contribution in [2.45, 2.75) is 76.1 Å². The maximum absolute atomic E-state index is 14.8. The van der Waals surface area contributed by atoms with E-state index in [0.29, 0.717) is 12.6 Å². The van der Waals surface area contributed by atoms with Gasteiger partial charge in [0.2, 0.25) is 5.72 Å². The highest BCUT2D eigenvalue weighted by Gasteiger charge is 2.71. The smallest absolute Gasteiger partial charge is 0.345 e. The van der Waals surface area contributed by atoms with Gasteiger partial charge in [0.1, 0.15) is 17.8 Å². The molecule has 2 heterocycles. The molecule has 0 radical (unpaired) electrons. The maximum atomic E-state index is 14.8. The van der Waals surface area contributed by atoms with Gasteiger partial charge in [-0.3, -0.25) is 9.78 Å². The summed E-state index contributed by atoms with van der Waals surface area (Å²) < 4.78 is 24.7. The number of carbonyl (C=O) groups is 1. The molecular weight excluding hydrogens is 449 g/mol. The van der Waals surface area contributed by atoms with Gasteiger partial charge in [0.25, 0.3) is 5.56 Å². The zero-order valence-corrected chi connectivity index (χ0v) is 18.3. The number of unbranched alkanes of at least 4 members (excludes halogenated alkanes) is 3. The molecule has 33 heavy (non-hydrogen) atoms. The number of aromatic nitrogens is 2. The molecule has 1 fully saturated rings. The summed E-state index contributed by atoms with van der Waals surface area (Å²) >= 11 is 0. The number of hydroxylamine groups is 2. The van der Waals surface area contributed by atoms with E-state index in [1.165, 1.54) is 6.92 Å². The van der Waals surface area contributed by atoms with Crippen molar-refractivity contribution in [3.63, 3.8) is 0 Å². The molecular formula is C19H30FN3O10. The third-order valence-corrected chi connectivity index (χ3v) is 5.41. The number of H-pyrrole nitrogens is 1. The largest absolute Gasteiger partial charge is 0.462 e. The summed E-state index contributed by atoms with van der Waals surface area (Å²) in [6.45, 7) is 2.22. The summed E-state index contributed by atoms with van der Waals surface area (Å²) in [6.07, 6.45) is -3.79. The van der Waals surface area contributed by atoms with Crippen LogP contribution in [0.15, 0.2) is 15.8 Å². The molecule has 13 nitrogen and oxygen atoms in total. The van der Waals surface area contributed by atoms with Crippen LogP contribution in [0.2, 0.25) is 0 Å². The standard InChI is InChI=1S/C19H30FN3O10/c1-3-5-6-7-8-13(20)23(31)18(29)14(25)12(10-24)33-19(18,30)22-9-11(16(27)32-4-2)15(26)21-17(22)28/h9,12-14,24-25,29-31H,3-8,10H2,1-2H3,(H,21,26,28)/t12-,13?,14-,18-,19-/m1/s1. The van der Waals surface area contributed by atoms with Gasteiger partial charge in [-0.2, -0.15) is 0 Å². The van der Waals surface area contributed by atoms with Crippen molar-refractivity contribution in [1.82, 2.24) is 14.6 Å². The number of rotatable bonds is 11. The van der Waals surface area contributed by atoms with Crippen LogP contribution < -0.4 is 11.2 Å². The van der Waals surface area contributed by atoms with E-state index >= 15 is 0 Å². The predicted octanol–water partition coefficient (Wildman–Crippen LogP) is -1.29. The molecule has 5 atom stereocenters. The average Bonchev–Trinajstić information content (AvgIpc) is 2.98. The highest BCUT2D eigenvalue weighted by atomic mass is 19.1. The number of nitrogens with one attached hydrogen (secondary N) is 1. The number of aliphatic hydroxyl groups is 4. The summed E-state index contributed by atoms with van der Waals surface area (Å²) in [5.74, 6) is -4.65. The van der Waals surface area contributed by atoms with Crippen LogP contribution in [0.1, 0.15) is 56.3 Å². The summed E-state index contributed by atoms with van der Waals surface area (Å²) in [6, 6.07) is 0. The lowest BCUT2D eigenvalue weighted by atomic mass is 10.00. The highest BCUT2D eigenvalue weighted by Crippen LogP contribution is 2.44. The van der Waals surface area contributed by atoms with Crippen LogP contribution >= 0.6 is 0 Å². The molecule has 1 aliphatic heterocycles. The van der Waals surface area contributed by atoms with Crippen molar-refractivity contribution >= 4 is 5.97 Å². The maximum Gasteiger partial charge on any atom is 0.345 e. The van der Waals surface area contributed by atoms with Gasteiger partial charge in [-0.05, 0) is 19.8 Å². The number of nitrogens with zero attached hydrogens (tertiary/aromatic N) is 2. The molecule has 14 heteroatoms. The molecule has 0 saturated carbocycles. The zero-order chi connectivity index (χ0) is 25.0. The van der Waals surface area contributed by atoms with Gasteiger partial charge in [0.05, 0.1) is 13.2 Å². The number of alkyl halides is 1. The first-order chi connectivity index (χ1) is 15.5. The normalized spacial score (nSPS) is 28.3. The average molecular weight is 479 g/mol. The van der Waals surface area contributed by atoms with Crippen molar-refractivity contribution in [3.05, 3.63) is 32.6 Å². The van der Waals surface area contributed by atoms with Crippen molar-refractivity contribution in [2.24, 2.45) is 0 Å². The van der Waals surface area contributed by atoms with Crippen LogP contribution in [-0.4, -0.2) is 83.7 Å². The minimum absolute atomic E-state index is 0.0898. The van der Waals surface area contributed by atoms with E-state index in [9.17, 15) is 44.4 Å². The van der Waals surface area contributed by atoms with Crippen LogP contribution in [0.25, 0.3) is 0 Å². The Labute approximate surface area is 187 Å². The Hall–Kier alpha value is -2.20. The molecule has 6 N–H and O–H groups in total. The highest BCUT2D eigenvalue weighted by molar-refractivity contribution is 5.88. The third kappa shape index (κ3) is 4.87. The van der Waals surface area contributed by atoms with Crippen LogP contribution in [0.4, 0.5) is 4.39 Å². The molecule has 188 valence electrons. The lowest BCUT2D eigenvalue weighted by Gasteiger charge is -2.43. The van der Waals surface area contributed by atoms with Crippen molar-refractivity contribution in [1.29, 1.82) is 0 Å². The number of aromatic amines is 1. The molecule has 0 aromatic carbocycles. The molecule has 1 aromatic heterocycles. The minimum Gasteiger partial charge on any atom is -0.462 e. The second-order valence-corrected chi connectivity index (χ2v) is 7.64. The first-order valence-electron chi connectivity index (χ1n) is 10.6.